The van der Waals surface area contributed by atoms with E-state index in [1.54, 1.807) is 18.2 Å². The predicted octanol–water partition coefficient (Wildman–Crippen LogP) is 5.29. The van der Waals surface area contributed by atoms with Crippen molar-refractivity contribution in [1.82, 2.24) is 10.2 Å². The highest BCUT2D eigenvalue weighted by Crippen LogP contribution is 2.33. The Labute approximate surface area is 255 Å². The number of carbonyl (C=O) groups excluding carboxylic acids is 2. The number of methoxy groups -OCH3 is 2. The fourth-order valence-electron chi connectivity index (χ4n) is 4.07. The van der Waals surface area contributed by atoms with E-state index in [0.29, 0.717) is 24.3 Å². The topological polar surface area (TPSA) is 105 Å². The standard InChI is InChI=1S/C29H32Cl2FN3O6S/c1-5-15-33-29(37)19(2)34(17-23-24(30)7-6-8-25(23)31)28(36)18-35(21-11-9-20(32)10-12-21)42(38,39)22-13-14-26(40-3)27(16-22)41-4/h6-14,16,19H,5,15,17-18H2,1-4H3,(H,33,37)/t19-/m1/s1. The van der Waals surface area contributed by atoms with E-state index in [-0.39, 0.29) is 32.9 Å². The van der Waals surface area contributed by atoms with Crippen LogP contribution in [0.25, 0.3) is 0 Å². The summed E-state index contributed by atoms with van der Waals surface area (Å²) in [4.78, 5) is 28.0. The summed E-state index contributed by atoms with van der Waals surface area (Å²) in [6.45, 7) is 2.89. The van der Waals surface area contributed by atoms with Crippen molar-refractivity contribution in [3.63, 3.8) is 0 Å². The zero-order valence-electron chi connectivity index (χ0n) is 23.6. The molecule has 0 heterocycles. The van der Waals surface area contributed by atoms with E-state index in [0.717, 1.165) is 16.4 Å². The number of amides is 2. The molecule has 9 nitrogen and oxygen atoms in total. The van der Waals surface area contributed by atoms with Gasteiger partial charge in [-0.2, -0.15) is 0 Å². The Hall–Kier alpha value is -3.54. The zero-order valence-corrected chi connectivity index (χ0v) is 25.9. The van der Waals surface area contributed by atoms with Crippen molar-refractivity contribution in [3.8, 4) is 11.5 Å². The predicted molar refractivity (Wildman–Crippen MR) is 160 cm³/mol. The average molecular weight is 641 g/mol. The number of anilines is 1. The summed E-state index contributed by atoms with van der Waals surface area (Å²) >= 11 is 12.8. The van der Waals surface area contributed by atoms with Gasteiger partial charge in [0.05, 0.1) is 24.8 Å². The molecule has 0 radical (unpaired) electrons. The maximum atomic E-state index is 14.0. The smallest absolute Gasteiger partial charge is 0.264 e. The van der Waals surface area contributed by atoms with Gasteiger partial charge < -0.3 is 19.7 Å². The Kier molecular flexibility index (Phi) is 11.4. The molecule has 0 aliphatic carbocycles. The first kappa shape index (κ1) is 33.0. The molecular formula is C29H32Cl2FN3O6S. The highest BCUT2D eigenvalue weighted by molar-refractivity contribution is 7.92. The summed E-state index contributed by atoms with van der Waals surface area (Å²) in [5.74, 6) is -1.30. The summed E-state index contributed by atoms with van der Waals surface area (Å²) in [7, 11) is -1.66. The fraction of sp³-hybridized carbons (Fsp3) is 0.310. The van der Waals surface area contributed by atoms with Crippen molar-refractivity contribution in [2.75, 3.05) is 31.6 Å². The van der Waals surface area contributed by atoms with Gasteiger partial charge in [-0.25, -0.2) is 12.8 Å². The van der Waals surface area contributed by atoms with Gasteiger partial charge in [0.15, 0.2) is 11.5 Å². The van der Waals surface area contributed by atoms with E-state index >= 15 is 0 Å². The first-order valence-electron chi connectivity index (χ1n) is 12.9. The van der Waals surface area contributed by atoms with Crippen molar-refractivity contribution >= 4 is 50.7 Å². The quantitative estimate of drug-likeness (QED) is 0.273. The summed E-state index contributed by atoms with van der Waals surface area (Å²) in [5.41, 5.74) is 0.416. The van der Waals surface area contributed by atoms with Gasteiger partial charge in [-0.15, -0.1) is 0 Å². The molecule has 1 atom stereocenters. The minimum atomic E-state index is -4.43. The van der Waals surface area contributed by atoms with E-state index in [1.807, 2.05) is 6.92 Å². The Morgan fingerprint density at radius 1 is 0.976 bits per heavy atom. The lowest BCUT2D eigenvalue weighted by atomic mass is 10.1. The highest BCUT2D eigenvalue weighted by atomic mass is 35.5. The van der Waals surface area contributed by atoms with Crippen LogP contribution in [0.2, 0.25) is 10.0 Å². The maximum absolute atomic E-state index is 14.0. The minimum absolute atomic E-state index is 0.0262. The molecule has 0 spiro atoms. The maximum Gasteiger partial charge on any atom is 0.264 e. The molecule has 3 aromatic carbocycles. The Morgan fingerprint density at radius 3 is 2.17 bits per heavy atom. The second-order valence-corrected chi connectivity index (χ2v) is 11.9. The molecule has 0 bridgehead atoms. The Bertz CT molecular complexity index is 1500. The lowest BCUT2D eigenvalue weighted by Gasteiger charge is -2.32. The normalized spacial score (nSPS) is 11.9. The number of nitrogens with zero attached hydrogens (tertiary/aromatic N) is 2. The summed E-state index contributed by atoms with van der Waals surface area (Å²) in [6, 6.07) is 12.5. The molecule has 0 unspecified atom stereocenters. The number of carbonyl (C=O) groups is 2. The molecule has 226 valence electrons. The first-order chi connectivity index (χ1) is 19.9. The van der Waals surface area contributed by atoms with E-state index in [1.165, 1.54) is 56.4 Å². The van der Waals surface area contributed by atoms with Crippen LogP contribution in [0.1, 0.15) is 25.8 Å². The van der Waals surface area contributed by atoms with Gasteiger partial charge in [0.2, 0.25) is 11.8 Å². The highest BCUT2D eigenvalue weighted by Gasteiger charge is 2.33. The van der Waals surface area contributed by atoms with Gasteiger partial charge in [-0.05, 0) is 61.9 Å². The fourth-order valence-corrected chi connectivity index (χ4v) is 6.02. The van der Waals surface area contributed by atoms with Crippen LogP contribution in [0.5, 0.6) is 11.5 Å². The molecule has 42 heavy (non-hydrogen) atoms. The number of rotatable bonds is 13. The van der Waals surface area contributed by atoms with Gasteiger partial charge in [0.1, 0.15) is 18.4 Å². The number of nitrogens with one attached hydrogen (secondary N) is 1. The molecular weight excluding hydrogens is 608 g/mol. The summed E-state index contributed by atoms with van der Waals surface area (Å²) < 4.78 is 53.1. The van der Waals surface area contributed by atoms with Crippen molar-refractivity contribution < 1.29 is 31.9 Å². The third kappa shape index (κ3) is 7.64. The van der Waals surface area contributed by atoms with Crippen molar-refractivity contribution in [3.05, 3.63) is 82.1 Å². The molecule has 0 aliphatic rings. The molecule has 3 rings (SSSR count). The van der Waals surface area contributed by atoms with E-state index in [9.17, 15) is 22.4 Å². The summed E-state index contributed by atoms with van der Waals surface area (Å²) in [6.07, 6.45) is 0.671. The largest absolute Gasteiger partial charge is 0.493 e. The third-order valence-corrected chi connectivity index (χ3v) is 8.92. The SMILES string of the molecule is CCCNC(=O)[C@@H](C)N(Cc1c(Cl)cccc1Cl)C(=O)CN(c1ccc(F)cc1)S(=O)(=O)c1ccc(OC)c(OC)c1. The molecule has 13 heteroatoms. The van der Waals surface area contributed by atoms with Crippen molar-refractivity contribution in [2.24, 2.45) is 0 Å². The van der Waals surface area contributed by atoms with Crippen LogP contribution in [0.15, 0.2) is 65.6 Å². The van der Waals surface area contributed by atoms with Crippen LogP contribution in [-0.2, 0) is 26.2 Å². The number of sulfonamides is 1. The van der Waals surface area contributed by atoms with Gasteiger partial charge >= 0.3 is 0 Å². The first-order valence-corrected chi connectivity index (χ1v) is 15.1. The molecule has 0 saturated carbocycles. The van der Waals surface area contributed by atoms with Gasteiger partial charge in [-0.1, -0.05) is 36.2 Å². The van der Waals surface area contributed by atoms with Gasteiger partial charge in [-0.3, -0.25) is 13.9 Å². The van der Waals surface area contributed by atoms with E-state index in [4.69, 9.17) is 32.7 Å². The van der Waals surface area contributed by atoms with Crippen LogP contribution in [0.3, 0.4) is 0 Å². The number of benzene rings is 3. The van der Waals surface area contributed by atoms with E-state index < -0.39 is 40.2 Å². The lowest BCUT2D eigenvalue weighted by molar-refractivity contribution is -0.139. The second kappa shape index (κ2) is 14.6. The van der Waals surface area contributed by atoms with Crippen molar-refractivity contribution in [2.45, 2.75) is 37.8 Å². The van der Waals surface area contributed by atoms with Gasteiger partial charge in [0, 0.05) is 34.8 Å². The van der Waals surface area contributed by atoms with Crippen LogP contribution in [0.4, 0.5) is 10.1 Å². The summed E-state index contributed by atoms with van der Waals surface area (Å²) in [5, 5.41) is 3.30. The molecule has 0 aromatic heterocycles. The molecule has 2 amide bonds. The number of hydrogen-bond acceptors (Lipinski definition) is 6. The molecule has 3 aromatic rings. The minimum Gasteiger partial charge on any atom is -0.493 e. The molecule has 0 aliphatic heterocycles. The van der Waals surface area contributed by atoms with Crippen molar-refractivity contribution in [1.29, 1.82) is 0 Å². The van der Waals surface area contributed by atoms with Crippen LogP contribution < -0.4 is 19.1 Å². The van der Waals surface area contributed by atoms with Crippen LogP contribution >= 0.6 is 23.2 Å². The molecule has 1 N–H and O–H groups in total. The van der Waals surface area contributed by atoms with E-state index in [2.05, 4.69) is 5.32 Å². The molecule has 0 fully saturated rings. The third-order valence-electron chi connectivity index (χ3n) is 6.44. The second-order valence-electron chi connectivity index (χ2n) is 9.19. The zero-order chi connectivity index (χ0) is 31.0. The van der Waals surface area contributed by atoms with Crippen LogP contribution in [-0.4, -0.2) is 58.5 Å². The monoisotopic (exact) mass is 639 g/mol. The number of hydrogen-bond donors (Lipinski definition) is 1. The average Bonchev–Trinajstić information content (AvgIpc) is 2.98. The lowest BCUT2D eigenvalue weighted by Crippen LogP contribution is -2.51. The number of ether oxygens (including phenoxy) is 2. The Morgan fingerprint density at radius 2 is 1.60 bits per heavy atom. The Balaban J connectivity index is 2.09. The van der Waals surface area contributed by atoms with Gasteiger partial charge in [0.25, 0.3) is 10.0 Å². The molecule has 0 saturated heterocycles. The van der Waals surface area contributed by atoms with Crippen LogP contribution in [0, 0.1) is 5.82 Å². The number of halogens is 3.